The molecule has 13 heavy (non-hydrogen) atoms. The molecule has 1 aromatic rings. The van der Waals surface area contributed by atoms with Crippen LogP contribution >= 0.6 is 27.3 Å². The van der Waals surface area contributed by atoms with Crippen LogP contribution in [0, 0.1) is 0 Å². The molecule has 0 unspecified atom stereocenters. The molecule has 0 radical (unpaired) electrons. The lowest BCUT2D eigenvalue weighted by molar-refractivity contribution is 0.233. The van der Waals surface area contributed by atoms with E-state index in [1.165, 1.54) is 22.4 Å². The third kappa shape index (κ3) is 2.53. The van der Waals surface area contributed by atoms with Crippen LogP contribution in [0.2, 0.25) is 0 Å². The van der Waals surface area contributed by atoms with Crippen LogP contribution in [0.5, 0.6) is 0 Å². The van der Waals surface area contributed by atoms with Crippen molar-refractivity contribution in [1.82, 2.24) is 10.2 Å². The number of thiophene rings is 1. The van der Waals surface area contributed by atoms with Crippen molar-refractivity contribution in [1.29, 1.82) is 0 Å². The second-order valence-corrected chi connectivity index (χ2v) is 5.48. The fourth-order valence-corrected chi connectivity index (χ4v) is 2.76. The van der Waals surface area contributed by atoms with Gasteiger partial charge >= 0.3 is 0 Å². The molecule has 0 spiro atoms. The monoisotopic (exact) mass is 260 g/mol. The molecule has 0 bridgehead atoms. The molecule has 2 heterocycles. The molecule has 1 saturated heterocycles. The first-order valence-electron chi connectivity index (χ1n) is 4.51. The molecule has 72 valence electrons. The van der Waals surface area contributed by atoms with E-state index in [9.17, 15) is 0 Å². The lowest BCUT2D eigenvalue weighted by atomic mass is 10.3. The highest BCUT2D eigenvalue weighted by molar-refractivity contribution is 9.11. The summed E-state index contributed by atoms with van der Waals surface area (Å²) >= 11 is 5.34. The van der Waals surface area contributed by atoms with Crippen molar-refractivity contribution < 1.29 is 0 Å². The van der Waals surface area contributed by atoms with Crippen LogP contribution in [0.15, 0.2) is 15.2 Å². The van der Waals surface area contributed by atoms with E-state index in [1.807, 2.05) is 0 Å². The van der Waals surface area contributed by atoms with Gasteiger partial charge in [0.25, 0.3) is 0 Å². The summed E-state index contributed by atoms with van der Waals surface area (Å²) in [6.45, 7) is 5.68. The molecule has 1 fully saturated rings. The van der Waals surface area contributed by atoms with Crippen molar-refractivity contribution in [2.24, 2.45) is 0 Å². The van der Waals surface area contributed by atoms with Crippen molar-refractivity contribution in [3.63, 3.8) is 0 Å². The number of piperazine rings is 1. The lowest BCUT2D eigenvalue weighted by Crippen LogP contribution is -2.42. The third-order valence-electron chi connectivity index (χ3n) is 2.30. The van der Waals surface area contributed by atoms with Crippen LogP contribution < -0.4 is 5.32 Å². The van der Waals surface area contributed by atoms with Gasteiger partial charge in [-0.25, -0.2) is 0 Å². The van der Waals surface area contributed by atoms with Gasteiger partial charge in [0.1, 0.15) is 0 Å². The van der Waals surface area contributed by atoms with Gasteiger partial charge in [0, 0.05) is 32.7 Å². The first-order chi connectivity index (χ1) is 6.36. The highest BCUT2D eigenvalue weighted by Crippen LogP contribution is 2.24. The zero-order valence-corrected chi connectivity index (χ0v) is 9.83. The summed E-state index contributed by atoms with van der Waals surface area (Å²) in [4.78, 5) is 2.49. The van der Waals surface area contributed by atoms with E-state index >= 15 is 0 Å². The maximum absolute atomic E-state index is 3.57. The number of hydrogen-bond acceptors (Lipinski definition) is 3. The highest BCUT2D eigenvalue weighted by Gasteiger charge is 2.11. The summed E-state index contributed by atoms with van der Waals surface area (Å²) < 4.78 is 1.28. The topological polar surface area (TPSA) is 15.3 Å². The summed E-state index contributed by atoms with van der Waals surface area (Å²) in [5, 5.41) is 5.50. The van der Waals surface area contributed by atoms with Gasteiger partial charge in [0.05, 0.1) is 3.79 Å². The Hall–Kier alpha value is 0.1000. The lowest BCUT2D eigenvalue weighted by Gasteiger charge is -2.26. The molecule has 0 aliphatic carbocycles. The van der Waals surface area contributed by atoms with Crippen molar-refractivity contribution in [3.8, 4) is 0 Å². The number of halogens is 1. The molecular weight excluding hydrogens is 248 g/mol. The number of nitrogens with one attached hydrogen (secondary N) is 1. The molecule has 2 nitrogen and oxygen atoms in total. The van der Waals surface area contributed by atoms with Crippen molar-refractivity contribution in [2.75, 3.05) is 26.2 Å². The summed E-state index contributed by atoms with van der Waals surface area (Å²) in [5.41, 5.74) is 1.42. The summed E-state index contributed by atoms with van der Waals surface area (Å²) in [5.74, 6) is 0. The smallest absolute Gasteiger partial charge is 0.0743 e. The molecule has 2 rings (SSSR count). The summed E-state index contributed by atoms with van der Waals surface area (Å²) in [7, 11) is 0. The SMILES string of the molecule is Brc1sccc1CN1CCNCC1. The normalized spacial score (nSPS) is 19.2. The zero-order valence-electron chi connectivity index (χ0n) is 7.42. The minimum absolute atomic E-state index is 1.09. The van der Waals surface area contributed by atoms with E-state index in [0.717, 1.165) is 19.6 Å². The van der Waals surface area contributed by atoms with Crippen molar-refractivity contribution in [2.45, 2.75) is 6.54 Å². The predicted octanol–water partition coefficient (Wildman–Crippen LogP) is 1.92. The largest absolute Gasteiger partial charge is 0.314 e. The van der Waals surface area contributed by atoms with Gasteiger partial charge in [-0.1, -0.05) is 0 Å². The number of hydrogen-bond donors (Lipinski definition) is 1. The summed E-state index contributed by atoms with van der Waals surface area (Å²) in [6, 6.07) is 2.21. The molecule has 1 aliphatic heterocycles. The fraction of sp³-hybridized carbons (Fsp3) is 0.556. The van der Waals surface area contributed by atoms with E-state index in [4.69, 9.17) is 0 Å². The average Bonchev–Trinajstić information content (AvgIpc) is 2.54. The molecule has 1 aliphatic rings. The Morgan fingerprint density at radius 3 is 2.85 bits per heavy atom. The fourth-order valence-electron chi connectivity index (χ4n) is 1.54. The Balaban J connectivity index is 1.93. The molecule has 0 amide bonds. The first kappa shape index (κ1) is 9.65. The van der Waals surface area contributed by atoms with Crippen LogP contribution in [0.25, 0.3) is 0 Å². The Morgan fingerprint density at radius 1 is 1.46 bits per heavy atom. The second kappa shape index (κ2) is 4.55. The van der Waals surface area contributed by atoms with Gasteiger partial charge in [0.15, 0.2) is 0 Å². The van der Waals surface area contributed by atoms with Gasteiger partial charge in [-0.2, -0.15) is 0 Å². The molecule has 1 N–H and O–H groups in total. The number of rotatable bonds is 2. The minimum atomic E-state index is 1.09. The molecule has 0 saturated carbocycles. The van der Waals surface area contributed by atoms with Gasteiger partial charge < -0.3 is 5.32 Å². The van der Waals surface area contributed by atoms with Crippen molar-refractivity contribution >= 4 is 27.3 Å². The maximum atomic E-state index is 3.57. The van der Waals surface area contributed by atoms with Crippen LogP contribution in [0.1, 0.15) is 5.56 Å². The van der Waals surface area contributed by atoms with E-state index < -0.39 is 0 Å². The van der Waals surface area contributed by atoms with Crippen LogP contribution in [-0.4, -0.2) is 31.1 Å². The Bertz CT molecular complexity index is 268. The van der Waals surface area contributed by atoms with Crippen molar-refractivity contribution in [3.05, 3.63) is 20.8 Å². The van der Waals surface area contributed by atoms with Gasteiger partial charge in [-0.05, 0) is 32.9 Å². The molecular formula is C9H13BrN2S. The maximum Gasteiger partial charge on any atom is 0.0743 e. The second-order valence-electron chi connectivity index (χ2n) is 3.25. The molecule has 0 aromatic carbocycles. The van der Waals surface area contributed by atoms with E-state index in [0.29, 0.717) is 0 Å². The Kier molecular flexibility index (Phi) is 3.38. The van der Waals surface area contributed by atoms with Gasteiger partial charge in [0.2, 0.25) is 0 Å². The quantitative estimate of drug-likeness (QED) is 0.875. The van der Waals surface area contributed by atoms with E-state index in [-0.39, 0.29) is 0 Å². The van der Waals surface area contributed by atoms with E-state index in [2.05, 4.69) is 37.6 Å². The first-order valence-corrected chi connectivity index (χ1v) is 6.18. The zero-order chi connectivity index (χ0) is 9.10. The standard InChI is InChI=1S/C9H13BrN2S/c10-9-8(1-6-13-9)7-12-4-2-11-3-5-12/h1,6,11H,2-5,7H2. The van der Waals surface area contributed by atoms with E-state index in [1.54, 1.807) is 11.3 Å². The third-order valence-corrected chi connectivity index (χ3v) is 4.11. The summed E-state index contributed by atoms with van der Waals surface area (Å²) in [6.07, 6.45) is 0. The molecule has 0 atom stereocenters. The highest BCUT2D eigenvalue weighted by atomic mass is 79.9. The minimum Gasteiger partial charge on any atom is -0.314 e. The average molecular weight is 261 g/mol. The van der Waals surface area contributed by atoms with Crippen LogP contribution in [-0.2, 0) is 6.54 Å². The Morgan fingerprint density at radius 2 is 2.23 bits per heavy atom. The number of nitrogens with zero attached hydrogens (tertiary/aromatic N) is 1. The predicted molar refractivity (Wildman–Crippen MR) is 60.2 cm³/mol. The molecule has 1 aromatic heterocycles. The van der Waals surface area contributed by atoms with Gasteiger partial charge in [-0.15, -0.1) is 11.3 Å². The van der Waals surface area contributed by atoms with Gasteiger partial charge in [-0.3, -0.25) is 4.90 Å². The Labute approximate surface area is 91.1 Å². The molecule has 4 heteroatoms. The van der Waals surface area contributed by atoms with Crippen LogP contribution in [0.3, 0.4) is 0 Å². The van der Waals surface area contributed by atoms with Crippen LogP contribution in [0.4, 0.5) is 0 Å².